The second kappa shape index (κ2) is 6.14. The van der Waals surface area contributed by atoms with Crippen LogP contribution in [0.4, 0.5) is 0 Å². The molecule has 0 bridgehead atoms. The zero-order valence-corrected chi connectivity index (χ0v) is 12.6. The van der Waals surface area contributed by atoms with Crippen LogP contribution in [0.3, 0.4) is 0 Å². The average molecular weight is 294 g/mol. The molecule has 0 unspecified atom stereocenters. The Morgan fingerprint density at radius 1 is 1.05 bits per heavy atom. The quantitative estimate of drug-likeness (QED) is 0.802. The molecule has 1 aliphatic rings. The van der Waals surface area contributed by atoms with Crippen LogP contribution in [-0.4, -0.2) is 18.4 Å². The summed E-state index contributed by atoms with van der Waals surface area (Å²) < 4.78 is 4.98. The van der Waals surface area contributed by atoms with Gasteiger partial charge in [-0.15, -0.1) is 0 Å². The van der Waals surface area contributed by atoms with Crippen molar-refractivity contribution in [2.75, 3.05) is 6.61 Å². The Labute approximate surface area is 129 Å². The number of aryl methyl sites for hydroxylation is 1. The molecular weight excluding hydrogens is 276 g/mol. The minimum absolute atomic E-state index is 0.228. The van der Waals surface area contributed by atoms with Crippen molar-refractivity contribution in [3.05, 3.63) is 59.2 Å². The number of carbonyl (C=O) groups excluding carboxylic acids is 2. The maximum atomic E-state index is 12.0. The van der Waals surface area contributed by atoms with Crippen molar-refractivity contribution in [2.24, 2.45) is 0 Å². The van der Waals surface area contributed by atoms with Gasteiger partial charge in [0, 0.05) is 12.0 Å². The van der Waals surface area contributed by atoms with E-state index in [1.165, 1.54) is 0 Å². The Morgan fingerprint density at radius 3 is 2.50 bits per heavy atom. The molecule has 0 atom stereocenters. The van der Waals surface area contributed by atoms with Gasteiger partial charge in [0.15, 0.2) is 5.78 Å². The first-order valence-corrected chi connectivity index (χ1v) is 7.62. The molecule has 0 N–H and O–H groups in total. The van der Waals surface area contributed by atoms with E-state index in [0.29, 0.717) is 18.6 Å². The summed E-state index contributed by atoms with van der Waals surface area (Å²) in [5.41, 5.74) is 4.53. The fourth-order valence-electron chi connectivity index (χ4n) is 2.82. The van der Waals surface area contributed by atoms with E-state index in [1.807, 2.05) is 30.3 Å². The minimum atomic E-state index is -0.310. The van der Waals surface area contributed by atoms with E-state index in [2.05, 4.69) is 0 Å². The number of hydrogen-bond donors (Lipinski definition) is 0. The van der Waals surface area contributed by atoms with Crippen molar-refractivity contribution in [3.63, 3.8) is 0 Å². The average Bonchev–Trinajstić information content (AvgIpc) is 2.55. The van der Waals surface area contributed by atoms with Crippen molar-refractivity contribution in [1.82, 2.24) is 0 Å². The second-order valence-electron chi connectivity index (χ2n) is 5.45. The Balaban J connectivity index is 1.90. The first-order valence-electron chi connectivity index (χ1n) is 7.62. The van der Waals surface area contributed by atoms with Gasteiger partial charge >= 0.3 is 5.97 Å². The lowest BCUT2D eigenvalue weighted by atomic mass is 9.88. The van der Waals surface area contributed by atoms with Crippen LogP contribution in [-0.2, 0) is 11.2 Å². The lowest BCUT2D eigenvalue weighted by molar-refractivity contribution is 0.0526. The maximum absolute atomic E-state index is 12.0. The SMILES string of the molecule is CCOC(=O)c1ccc(-c2ccc3c(c2)C(=O)CCC3)cc1. The van der Waals surface area contributed by atoms with Gasteiger partial charge in [-0.3, -0.25) is 4.79 Å². The zero-order valence-electron chi connectivity index (χ0n) is 12.6. The van der Waals surface area contributed by atoms with E-state index < -0.39 is 0 Å². The summed E-state index contributed by atoms with van der Waals surface area (Å²) in [6, 6.07) is 13.3. The van der Waals surface area contributed by atoms with E-state index in [-0.39, 0.29) is 11.8 Å². The molecule has 0 saturated carbocycles. The number of ketones is 1. The van der Waals surface area contributed by atoms with E-state index in [9.17, 15) is 9.59 Å². The number of rotatable bonds is 3. The summed E-state index contributed by atoms with van der Waals surface area (Å²) in [7, 11) is 0. The molecule has 0 heterocycles. The van der Waals surface area contributed by atoms with Gasteiger partial charge < -0.3 is 4.74 Å². The molecule has 0 amide bonds. The summed E-state index contributed by atoms with van der Waals surface area (Å²) in [6.45, 7) is 2.16. The van der Waals surface area contributed by atoms with Gasteiger partial charge in [-0.25, -0.2) is 4.79 Å². The van der Waals surface area contributed by atoms with Crippen LogP contribution in [0.1, 0.15) is 46.0 Å². The Bertz CT molecular complexity index is 714. The highest BCUT2D eigenvalue weighted by atomic mass is 16.5. The van der Waals surface area contributed by atoms with Crippen LogP contribution in [0.2, 0.25) is 0 Å². The number of ether oxygens (including phenoxy) is 1. The molecule has 0 radical (unpaired) electrons. The summed E-state index contributed by atoms with van der Waals surface area (Å²) >= 11 is 0. The third-order valence-electron chi connectivity index (χ3n) is 3.99. The van der Waals surface area contributed by atoms with Gasteiger partial charge in [0.2, 0.25) is 0 Å². The Hall–Kier alpha value is -2.42. The molecule has 0 aromatic heterocycles. The molecule has 0 spiro atoms. The van der Waals surface area contributed by atoms with Gasteiger partial charge in [0.05, 0.1) is 12.2 Å². The van der Waals surface area contributed by atoms with Crippen LogP contribution in [0.5, 0.6) is 0 Å². The van der Waals surface area contributed by atoms with Crippen LogP contribution >= 0.6 is 0 Å². The van der Waals surface area contributed by atoms with Crippen LogP contribution in [0, 0.1) is 0 Å². The molecule has 0 aliphatic heterocycles. The van der Waals surface area contributed by atoms with E-state index in [0.717, 1.165) is 35.1 Å². The fourth-order valence-corrected chi connectivity index (χ4v) is 2.82. The standard InChI is InChI=1S/C19H18O3/c1-2-22-19(21)15-9-6-13(7-10-15)16-11-8-14-4-3-5-18(20)17(14)12-16/h6-12H,2-5H2,1H3. The minimum Gasteiger partial charge on any atom is -0.462 e. The molecule has 1 aliphatic carbocycles. The smallest absolute Gasteiger partial charge is 0.338 e. The van der Waals surface area contributed by atoms with Gasteiger partial charge in [0.1, 0.15) is 0 Å². The van der Waals surface area contributed by atoms with Crippen molar-refractivity contribution >= 4 is 11.8 Å². The first kappa shape index (κ1) is 14.5. The summed E-state index contributed by atoms with van der Waals surface area (Å²) in [5, 5.41) is 0. The topological polar surface area (TPSA) is 43.4 Å². The highest BCUT2D eigenvalue weighted by Gasteiger charge is 2.17. The Morgan fingerprint density at radius 2 is 1.77 bits per heavy atom. The summed E-state index contributed by atoms with van der Waals surface area (Å²) in [5.74, 6) is -0.0825. The van der Waals surface area contributed by atoms with Gasteiger partial charge in [0.25, 0.3) is 0 Å². The molecule has 2 aromatic carbocycles. The highest BCUT2D eigenvalue weighted by molar-refractivity contribution is 5.99. The third-order valence-corrected chi connectivity index (χ3v) is 3.99. The lowest BCUT2D eigenvalue weighted by Crippen LogP contribution is -2.10. The predicted octanol–water partition coefficient (Wildman–Crippen LogP) is 4.05. The zero-order chi connectivity index (χ0) is 15.5. The Kier molecular flexibility index (Phi) is 4.05. The van der Waals surface area contributed by atoms with Crippen LogP contribution in [0.15, 0.2) is 42.5 Å². The molecule has 2 aromatic rings. The molecule has 3 nitrogen and oxygen atoms in total. The predicted molar refractivity (Wildman–Crippen MR) is 85.1 cm³/mol. The second-order valence-corrected chi connectivity index (χ2v) is 5.45. The van der Waals surface area contributed by atoms with Crippen LogP contribution in [0.25, 0.3) is 11.1 Å². The number of fused-ring (bicyclic) bond motifs is 1. The summed E-state index contributed by atoms with van der Waals surface area (Å²) in [6.07, 6.45) is 2.56. The number of carbonyl (C=O) groups is 2. The molecule has 0 saturated heterocycles. The number of Topliss-reactive ketones (excluding diaryl/α,β-unsaturated/α-hetero) is 1. The van der Waals surface area contributed by atoms with Crippen molar-refractivity contribution < 1.29 is 14.3 Å². The molecule has 3 rings (SSSR count). The number of benzene rings is 2. The van der Waals surface area contributed by atoms with E-state index in [1.54, 1.807) is 19.1 Å². The van der Waals surface area contributed by atoms with E-state index >= 15 is 0 Å². The summed E-state index contributed by atoms with van der Waals surface area (Å²) in [4.78, 5) is 23.7. The maximum Gasteiger partial charge on any atom is 0.338 e. The van der Waals surface area contributed by atoms with E-state index in [4.69, 9.17) is 4.74 Å². The third kappa shape index (κ3) is 2.80. The monoisotopic (exact) mass is 294 g/mol. The van der Waals surface area contributed by atoms with Crippen molar-refractivity contribution in [1.29, 1.82) is 0 Å². The highest BCUT2D eigenvalue weighted by Crippen LogP contribution is 2.27. The molecule has 112 valence electrons. The van der Waals surface area contributed by atoms with Crippen molar-refractivity contribution in [3.8, 4) is 11.1 Å². The fraction of sp³-hybridized carbons (Fsp3) is 0.263. The number of hydrogen-bond acceptors (Lipinski definition) is 3. The van der Waals surface area contributed by atoms with Gasteiger partial charge in [-0.2, -0.15) is 0 Å². The molecule has 22 heavy (non-hydrogen) atoms. The largest absolute Gasteiger partial charge is 0.462 e. The van der Waals surface area contributed by atoms with Gasteiger partial charge in [-0.1, -0.05) is 24.3 Å². The number of esters is 1. The molecular formula is C19H18O3. The van der Waals surface area contributed by atoms with Gasteiger partial charge in [-0.05, 0) is 54.7 Å². The normalized spacial score (nSPS) is 13.6. The molecule has 0 fully saturated rings. The van der Waals surface area contributed by atoms with Crippen LogP contribution < -0.4 is 0 Å². The first-order chi connectivity index (χ1) is 10.7. The molecule has 3 heteroatoms. The lowest BCUT2D eigenvalue weighted by Gasteiger charge is -2.15. The van der Waals surface area contributed by atoms with Crippen molar-refractivity contribution in [2.45, 2.75) is 26.2 Å².